The summed E-state index contributed by atoms with van der Waals surface area (Å²) in [6.45, 7) is 3.91. The fraction of sp³-hybridized carbons (Fsp3) is 0.375. The average Bonchev–Trinajstić information content (AvgIpc) is 3.09. The van der Waals surface area contributed by atoms with Gasteiger partial charge in [-0.3, -0.25) is 14.4 Å². The van der Waals surface area contributed by atoms with E-state index in [2.05, 4.69) is 10.6 Å². The normalized spacial score (nSPS) is 24.1. The number of aryl methyl sites for hydroxylation is 1. The van der Waals surface area contributed by atoms with Crippen LogP contribution >= 0.6 is 11.3 Å². The summed E-state index contributed by atoms with van der Waals surface area (Å²) in [6.07, 6.45) is 6.20. The Labute approximate surface area is 185 Å². The minimum absolute atomic E-state index is 0.0839. The van der Waals surface area contributed by atoms with Crippen LogP contribution in [0.15, 0.2) is 42.5 Å². The van der Waals surface area contributed by atoms with Crippen LogP contribution in [0.4, 0.5) is 10.7 Å². The number of aliphatic carboxylic acids is 1. The summed E-state index contributed by atoms with van der Waals surface area (Å²) in [7, 11) is 0. The van der Waals surface area contributed by atoms with Crippen LogP contribution in [0.25, 0.3) is 0 Å². The van der Waals surface area contributed by atoms with Crippen molar-refractivity contribution < 1.29 is 19.5 Å². The first-order valence-electron chi connectivity index (χ1n) is 10.6. The number of nitrogens with one attached hydrogen (secondary N) is 2. The van der Waals surface area contributed by atoms with Crippen molar-refractivity contribution in [2.45, 2.75) is 33.1 Å². The Hall–Kier alpha value is -2.93. The van der Waals surface area contributed by atoms with Crippen molar-refractivity contribution in [1.82, 2.24) is 0 Å². The predicted octanol–water partition coefficient (Wildman–Crippen LogP) is 4.72. The molecule has 2 aromatic rings. The van der Waals surface area contributed by atoms with E-state index in [1.54, 1.807) is 0 Å². The molecule has 1 saturated carbocycles. The van der Waals surface area contributed by atoms with Crippen LogP contribution in [0.2, 0.25) is 0 Å². The number of carboxylic acid groups (broad SMARTS) is 1. The number of allylic oxidation sites excluding steroid dienone is 2. The van der Waals surface area contributed by atoms with E-state index >= 15 is 0 Å². The van der Waals surface area contributed by atoms with Gasteiger partial charge in [0.05, 0.1) is 17.4 Å². The van der Waals surface area contributed by atoms with Crippen molar-refractivity contribution in [1.29, 1.82) is 0 Å². The van der Waals surface area contributed by atoms with Crippen LogP contribution < -0.4 is 10.6 Å². The number of anilines is 2. The molecule has 5 rings (SSSR count). The maximum atomic E-state index is 13.3. The van der Waals surface area contributed by atoms with E-state index in [0.29, 0.717) is 22.7 Å². The molecular formula is C24H26N2O4S. The molecule has 3 aliphatic rings. The summed E-state index contributed by atoms with van der Waals surface area (Å²) in [4.78, 5) is 39.3. The summed E-state index contributed by atoms with van der Waals surface area (Å²) < 4.78 is 0. The summed E-state index contributed by atoms with van der Waals surface area (Å²) in [5, 5.41) is 16.1. The number of fused-ring (bicyclic) bond motifs is 2. The van der Waals surface area contributed by atoms with Gasteiger partial charge in [-0.1, -0.05) is 37.3 Å². The minimum atomic E-state index is -0.933. The van der Waals surface area contributed by atoms with E-state index in [1.807, 2.05) is 56.3 Å². The predicted molar refractivity (Wildman–Crippen MR) is 121 cm³/mol. The van der Waals surface area contributed by atoms with Crippen molar-refractivity contribution in [3.8, 4) is 0 Å². The number of hydrogen-bond acceptors (Lipinski definition) is 4. The molecule has 1 aromatic carbocycles. The van der Waals surface area contributed by atoms with Crippen LogP contribution in [0.1, 0.15) is 40.6 Å². The number of para-hydroxylation sites is 1. The molecule has 1 aromatic heterocycles. The first-order valence-corrected chi connectivity index (χ1v) is 11.4. The average molecular weight is 439 g/mol. The third-order valence-electron chi connectivity index (χ3n) is 6.39. The zero-order valence-electron chi connectivity index (χ0n) is 17.6. The molecule has 4 atom stereocenters. The number of carboxylic acids is 1. The zero-order valence-corrected chi connectivity index (χ0v) is 18.4. The maximum absolute atomic E-state index is 13.3. The van der Waals surface area contributed by atoms with Crippen LogP contribution in [-0.2, 0) is 16.0 Å². The molecule has 2 amide bonds. The molecule has 0 radical (unpaired) electrons. The van der Waals surface area contributed by atoms with E-state index in [9.17, 15) is 19.5 Å². The molecule has 0 aliphatic heterocycles. The van der Waals surface area contributed by atoms with Gasteiger partial charge in [0.25, 0.3) is 5.91 Å². The van der Waals surface area contributed by atoms with Gasteiger partial charge in [0, 0.05) is 10.6 Å². The van der Waals surface area contributed by atoms with Gasteiger partial charge in [-0.25, -0.2) is 0 Å². The van der Waals surface area contributed by atoms with Gasteiger partial charge in [0.2, 0.25) is 5.91 Å². The minimum Gasteiger partial charge on any atom is -0.481 e. The number of carbonyl (C=O) groups excluding carboxylic acids is 2. The van der Waals surface area contributed by atoms with E-state index in [1.165, 1.54) is 11.3 Å². The highest BCUT2D eigenvalue weighted by atomic mass is 32.1. The summed E-state index contributed by atoms with van der Waals surface area (Å²) in [6, 6.07) is 9.18. The smallest absolute Gasteiger partial charge is 0.307 e. The molecule has 3 N–H and O–H groups in total. The molecule has 1 fully saturated rings. The molecular weight excluding hydrogens is 412 g/mol. The highest BCUT2D eigenvalue weighted by molar-refractivity contribution is 7.16. The Morgan fingerprint density at radius 2 is 1.68 bits per heavy atom. The first kappa shape index (κ1) is 21.3. The lowest BCUT2D eigenvalue weighted by Gasteiger charge is -2.41. The van der Waals surface area contributed by atoms with Crippen LogP contribution in [0.5, 0.6) is 0 Å². The fourth-order valence-corrected chi connectivity index (χ4v) is 6.08. The Morgan fingerprint density at radius 1 is 1.03 bits per heavy atom. The number of carbonyl (C=O) groups is 3. The summed E-state index contributed by atoms with van der Waals surface area (Å²) >= 11 is 1.37. The molecule has 1 heterocycles. The number of benzene rings is 1. The standard InChI is InChI=1S/C24H26N2O4S/c1-3-17-13(2)31-23(20(17)22(28)25-16-7-5-4-6-8-16)26-21(27)18-14-9-11-15(12-10-14)19(18)24(29)30/h4-9,11,14-15,18-19H,3,10,12H2,1-2H3,(H,25,28)(H,26,27)(H,29,30)/t14-,15+,18+,19+/m1/s1. The lowest BCUT2D eigenvalue weighted by Crippen LogP contribution is -2.47. The second-order valence-electron chi connectivity index (χ2n) is 8.18. The van der Waals surface area contributed by atoms with Crippen LogP contribution in [-0.4, -0.2) is 22.9 Å². The molecule has 6 nitrogen and oxygen atoms in total. The van der Waals surface area contributed by atoms with Crippen molar-refractivity contribution in [2.24, 2.45) is 23.7 Å². The molecule has 2 bridgehead atoms. The van der Waals surface area contributed by atoms with Gasteiger partial charge >= 0.3 is 5.97 Å². The van der Waals surface area contributed by atoms with E-state index in [4.69, 9.17) is 0 Å². The number of hydrogen-bond donors (Lipinski definition) is 3. The largest absolute Gasteiger partial charge is 0.481 e. The molecule has 0 unspecified atom stereocenters. The zero-order chi connectivity index (χ0) is 22.1. The van der Waals surface area contributed by atoms with Gasteiger partial charge in [0.15, 0.2) is 0 Å². The quantitative estimate of drug-likeness (QED) is 0.569. The monoisotopic (exact) mass is 438 g/mol. The van der Waals surface area contributed by atoms with Crippen molar-refractivity contribution >= 4 is 39.8 Å². The maximum Gasteiger partial charge on any atom is 0.307 e. The third-order valence-corrected chi connectivity index (χ3v) is 7.46. The third kappa shape index (κ3) is 4.02. The van der Waals surface area contributed by atoms with Gasteiger partial charge in [-0.05, 0) is 55.7 Å². The van der Waals surface area contributed by atoms with Gasteiger partial charge in [0.1, 0.15) is 5.00 Å². The Morgan fingerprint density at radius 3 is 2.26 bits per heavy atom. The SMILES string of the molecule is CCc1c(C)sc(NC(=O)[C@@H]2[C@@H](C(=O)O)[C@H]3C=C[C@@H]2CC3)c1C(=O)Nc1ccccc1. The summed E-state index contributed by atoms with van der Waals surface area (Å²) in [5.74, 6) is -3.07. The lowest BCUT2D eigenvalue weighted by molar-refractivity contribution is -0.151. The van der Waals surface area contributed by atoms with Crippen molar-refractivity contribution in [3.05, 3.63) is 58.5 Å². The Bertz CT molecular complexity index is 1040. The second-order valence-corrected chi connectivity index (χ2v) is 9.41. The highest BCUT2D eigenvalue weighted by Crippen LogP contribution is 2.46. The van der Waals surface area contributed by atoms with E-state index in [-0.39, 0.29) is 23.7 Å². The second kappa shape index (κ2) is 8.67. The molecule has 0 spiro atoms. The first-order chi connectivity index (χ1) is 14.9. The van der Waals surface area contributed by atoms with Crippen molar-refractivity contribution in [2.75, 3.05) is 10.6 Å². The fourth-order valence-electron chi connectivity index (χ4n) is 4.93. The molecule has 0 saturated heterocycles. The highest BCUT2D eigenvalue weighted by Gasteiger charge is 2.48. The number of thiophene rings is 1. The molecule has 7 heteroatoms. The molecule has 3 aliphatic carbocycles. The van der Waals surface area contributed by atoms with E-state index < -0.39 is 17.8 Å². The van der Waals surface area contributed by atoms with E-state index in [0.717, 1.165) is 23.3 Å². The Balaban J connectivity index is 1.62. The van der Waals surface area contributed by atoms with Gasteiger partial charge < -0.3 is 15.7 Å². The molecule has 31 heavy (non-hydrogen) atoms. The van der Waals surface area contributed by atoms with Crippen LogP contribution in [0, 0.1) is 30.6 Å². The van der Waals surface area contributed by atoms with Crippen LogP contribution in [0.3, 0.4) is 0 Å². The topological polar surface area (TPSA) is 95.5 Å². The number of rotatable bonds is 6. The Kier molecular flexibility index (Phi) is 5.96. The van der Waals surface area contributed by atoms with Crippen molar-refractivity contribution in [3.63, 3.8) is 0 Å². The number of amides is 2. The summed E-state index contributed by atoms with van der Waals surface area (Å²) in [5.41, 5.74) is 2.04. The van der Waals surface area contributed by atoms with Gasteiger partial charge in [-0.15, -0.1) is 11.3 Å². The lowest BCUT2D eigenvalue weighted by atomic mass is 9.62. The van der Waals surface area contributed by atoms with Gasteiger partial charge in [-0.2, -0.15) is 0 Å². The molecule has 162 valence electrons.